The van der Waals surface area contributed by atoms with Gasteiger partial charge < -0.3 is 20.0 Å². The van der Waals surface area contributed by atoms with E-state index in [-0.39, 0.29) is 17.1 Å². The number of fused-ring (bicyclic) bond motifs is 1. The molecular formula is C15H21BN2O2. The topological polar surface area (TPSA) is 60.3 Å². The Morgan fingerprint density at radius 2 is 1.75 bits per heavy atom. The fourth-order valence-corrected chi connectivity index (χ4v) is 2.47. The zero-order valence-corrected chi connectivity index (χ0v) is 12.4. The quantitative estimate of drug-likeness (QED) is 0.826. The lowest BCUT2D eigenvalue weighted by Gasteiger charge is -2.32. The minimum atomic E-state index is -0.420. The molecule has 1 aliphatic heterocycles. The van der Waals surface area contributed by atoms with Gasteiger partial charge in [-0.3, -0.25) is 0 Å². The van der Waals surface area contributed by atoms with E-state index in [1.54, 1.807) is 0 Å². The number of nitrogens with two attached hydrogens (primary N) is 1. The van der Waals surface area contributed by atoms with E-state index >= 15 is 0 Å². The maximum atomic E-state index is 6.34. The molecular weight excluding hydrogens is 251 g/mol. The summed E-state index contributed by atoms with van der Waals surface area (Å²) in [5.41, 5.74) is 7.76. The average Bonchev–Trinajstić information content (AvgIpc) is 2.90. The van der Waals surface area contributed by atoms with Crippen molar-refractivity contribution in [3.63, 3.8) is 0 Å². The van der Waals surface area contributed by atoms with Gasteiger partial charge in [0.15, 0.2) is 0 Å². The smallest absolute Gasteiger partial charge is 0.402 e. The third-order valence-corrected chi connectivity index (χ3v) is 4.53. The molecule has 0 saturated carbocycles. The van der Waals surface area contributed by atoms with Crippen LogP contribution < -0.4 is 5.73 Å². The molecule has 2 heterocycles. The molecule has 0 amide bonds. The molecule has 1 fully saturated rings. The van der Waals surface area contributed by atoms with Crippen LogP contribution in [0.2, 0.25) is 0 Å². The predicted octanol–water partition coefficient (Wildman–Crippen LogP) is 2.80. The van der Waals surface area contributed by atoms with Crippen LogP contribution in [0.15, 0.2) is 30.5 Å². The molecule has 5 heteroatoms. The molecule has 20 heavy (non-hydrogen) atoms. The number of hydrogen-bond acceptors (Lipinski definition) is 3. The van der Waals surface area contributed by atoms with Crippen molar-refractivity contribution in [2.75, 3.05) is 0 Å². The molecule has 1 atom stereocenters. The van der Waals surface area contributed by atoms with Crippen molar-refractivity contribution in [3.8, 4) is 0 Å². The molecule has 3 N–H and O–H groups in total. The number of aromatic nitrogens is 1. The Kier molecular flexibility index (Phi) is 2.97. The fourth-order valence-electron chi connectivity index (χ4n) is 2.47. The van der Waals surface area contributed by atoms with Gasteiger partial charge in [0.2, 0.25) is 0 Å². The van der Waals surface area contributed by atoms with Gasteiger partial charge in [0.1, 0.15) is 0 Å². The van der Waals surface area contributed by atoms with Crippen LogP contribution in [0, 0.1) is 0 Å². The number of aromatic amines is 1. The highest BCUT2D eigenvalue weighted by Crippen LogP contribution is 2.39. The lowest BCUT2D eigenvalue weighted by atomic mass is 9.75. The van der Waals surface area contributed by atoms with Crippen LogP contribution in [0.3, 0.4) is 0 Å². The third kappa shape index (κ3) is 2.06. The minimum Gasteiger partial charge on any atom is -0.402 e. The fraction of sp³-hybridized carbons (Fsp3) is 0.467. The Labute approximate surface area is 119 Å². The van der Waals surface area contributed by atoms with Crippen molar-refractivity contribution < 1.29 is 9.31 Å². The molecule has 4 nitrogen and oxygen atoms in total. The second kappa shape index (κ2) is 4.35. The highest BCUT2D eigenvalue weighted by molar-refractivity contribution is 6.47. The summed E-state index contributed by atoms with van der Waals surface area (Å²) in [4.78, 5) is 3.18. The Morgan fingerprint density at radius 3 is 2.40 bits per heavy atom. The Morgan fingerprint density at radius 1 is 1.10 bits per heavy atom. The Bertz CT molecular complexity index is 620. The van der Waals surface area contributed by atoms with Crippen LogP contribution in [0.5, 0.6) is 0 Å². The molecule has 0 radical (unpaired) electrons. The molecule has 3 rings (SSSR count). The van der Waals surface area contributed by atoms with Gasteiger partial charge in [0, 0.05) is 11.7 Å². The van der Waals surface area contributed by atoms with Gasteiger partial charge in [-0.2, -0.15) is 0 Å². The summed E-state index contributed by atoms with van der Waals surface area (Å²) < 4.78 is 12.0. The van der Waals surface area contributed by atoms with Crippen LogP contribution in [0.25, 0.3) is 10.9 Å². The zero-order valence-electron chi connectivity index (χ0n) is 12.4. The van der Waals surface area contributed by atoms with Crippen LogP contribution in [0.4, 0.5) is 0 Å². The molecule has 2 aromatic rings. The van der Waals surface area contributed by atoms with Crippen molar-refractivity contribution >= 4 is 18.0 Å². The molecule has 0 bridgehead atoms. The van der Waals surface area contributed by atoms with E-state index < -0.39 is 7.12 Å². The van der Waals surface area contributed by atoms with Crippen molar-refractivity contribution in [1.82, 2.24) is 4.98 Å². The number of nitrogens with one attached hydrogen (secondary N) is 1. The van der Waals surface area contributed by atoms with E-state index in [1.807, 2.05) is 52.1 Å². The second-order valence-electron chi connectivity index (χ2n) is 6.47. The normalized spacial score (nSPS) is 22.4. The SMILES string of the molecule is CC1(C)OB([C@@H](N)c2ccc3[nH]ccc3c2)OC1(C)C. The van der Waals surface area contributed by atoms with Crippen LogP contribution in [-0.4, -0.2) is 23.3 Å². The summed E-state index contributed by atoms with van der Waals surface area (Å²) in [6.45, 7) is 8.15. The molecule has 1 aliphatic rings. The van der Waals surface area contributed by atoms with Gasteiger partial charge in [0.25, 0.3) is 0 Å². The molecule has 0 unspecified atom stereocenters. The van der Waals surface area contributed by atoms with E-state index in [9.17, 15) is 0 Å². The first-order valence-electron chi connectivity index (χ1n) is 6.98. The summed E-state index contributed by atoms with van der Waals surface area (Å²) >= 11 is 0. The number of rotatable bonds is 2. The number of H-pyrrole nitrogens is 1. The lowest BCUT2D eigenvalue weighted by Crippen LogP contribution is -2.41. The van der Waals surface area contributed by atoms with E-state index in [1.165, 1.54) is 0 Å². The van der Waals surface area contributed by atoms with Gasteiger partial charge in [-0.25, -0.2) is 0 Å². The van der Waals surface area contributed by atoms with Gasteiger partial charge in [-0.15, -0.1) is 0 Å². The predicted molar refractivity (Wildman–Crippen MR) is 81.3 cm³/mol. The lowest BCUT2D eigenvalue weighted by molar-refractivity contribution is 0.00578. The molecule has 0 spiro atoms. The Balaban J connectivity index is 1.87. The maximum Gasteiger partial charge on any atom is 0.480 e. The minimum absolute atomic E-state index is 0.296. The monoisotopic (exact) mass is 272 g/mol. The highest BCUT2D eigenvalue weighted by atomic mass is 16.7. The first-order chi connectivity index (χ1) is 9.30. The van der Waals surface area contributed by atoms with E-state index in [0.717, 1.165) is 16.5 Å². The van der Waals surface area contributed by atoms with E-state index in [2.05, 4.69) is 11.1 Å². The summed E-state index contributed by atoms with van der Waals surface area (Å²) in [7, 11) is -0.420. The molecule has 0 aliphatic carbocycles. The summed E-state index contributed by atoms with van der Waals surface area (Å²) in [6, 6.07) is 8.18. The standard InChI is InChI=1S/C15H21BN2O2/c1-14(2)15(3,4)20-16(19-14)13(17)11-5-6-12-10(9-11)7-8-18-12/h5-9,13,18H,17H2,1-4H3/t13-/m0/s1. The van der Waals surface area contributed by atoms with Crippen LogP contribution >= 0.6 is 0 Å². The summed E-state index contributed by atoms with van der Waals surface area (Å²) in [5.74, 6) is -0.296. The van der Waals surface area contributed by atoms with E-state index in [4.69, 9.17) is 15.0 Å². The largest absolute Gasteiger partial charge is 0.480 e. The molecule has 106 valence electrons. The summed E-state index contributed by atoms with van der Waals surface area (Å²) in [5, 5.41) is 1.15. The van der Waals surface area contributed by atoms with E-state index in [0.29, 0.717) is 0 Å². The van der Waals surface area contributed by atoms with Crippen LogP contribution in [0.1, 0.15) is 39.2 Å². The average molecular weight is 272 g/mol. The van der Waals surface area contributed by atoms with Crippen molar-refractivity contribution in [2.45, 2.75) is 44.8 Å². The number of hydrogen-bond donors (Lipinski definition) is 2. The van der Waals surface area contributed by atoms with Gasteiger partial charge in [-0.05, 0) is 56.8 Å². The number of benzene rings is 1. The zero-order chi connectivity index (χ0) is 14.5. The van der Waals surface area contributed by atoms with Gasteiger partial charge >= 0.3 is 7.12 Å². The molecule has 1 aromatic heterocycles. The highest BCUT2D eigenvalue weighted by Gasteiger charge is 2.53. The van der Waals surface area contributed by atoms with Crippen molar-refractivity contribution in [2.24, 2.45) is 5.73 Å². The van der Waals surface area contributed by atoms with Crippen molar-refractivity contribution in [3.05, 3.63) is 36.0 Å². The third-order valence-electron chi connectivity index (χ3n) is 4.53. The van der Waals surface area contributed by atoms with Gasteiger partial charge in [0.05, 0.1) is 17.1 Å². The molecule has 1 aromatic carbocycles. The maximum absolute atomic E-state index is 6.34. The molecule has 1 saturated heterocycles. The Hall–Kier alpha value is -1.30. The van der Waals surface area contributed by atoms with Crippen LogP contribution in [-0.2, 0) is 9.31 Å². The van der Waals surface area contributed by atoms with Crippen molar-refractivity contribution in [1.29, 1.82) is 0 Å². The van der Waals surface area contributed by atoms with Gasteiger partial charge in [-0.1, -0.05) is 6.07 Å². The second-order valence-corrected chi connectivity index (χ2v) is 6.47. The first-order valence-corrected chi connectivity index (χ1v) is 6.98. The summed E-state index contributed by atoms with van der Waals surface area (Å²) in [6.07, 6.45) is 1.93. The first kappa shape index (κ1) is 13.7.